The summed E-state index contributed by atoms with van der Waals surface area (Å²) < 4.78 is 23.8. The molecule has 5 nitrogen and oxygen atoms in total. The van der Waals surface area contributed by atoms with Crippen molar-refractivity contribution in [1.82, 2.24) is 10.2 Å². The van der Waals surface area contributed by atoms with Crippen LogP contribution >= 0.6 is 0 Å². The minimum Gasteiger partial charge on any atom is -0.494 e. The smallest absolute Gasteiger partial charge is 0.239 e. The van der Waals surface area contributed by atoms with Crippen molar-refractivity contribution in [3.63, 3.8) is 0 Å². The van der Waals surface area contributed by atoms with Crippen LogP contribution in [0.2, 0.25) is 0 Å². The van der Waals surface area contributed by atoms with Crippen molar-refractivity contribution >= 4 is 5.91 Å². The van der Waals surface area contributed by atoms with E-state index in [4.69, 9.17) is 9.47 Å². The van der Waals surface area contributed by atoms with Gasteiger partial charge in [0.1, 0.15) is 0 Å². The van der Waals surface area contributed by atoms with E-state index in [1.165, 1.54) is 13.2 Å². The number of methoxy groups -OCH3 is 1. The second kappa shape index (κ2) is 8.26. The zero-order valence-electron chi connectivity index (χ0n) is 14.0. The van der Waals surface area contributed by atoms with E-state index in [2.05, 4.69) is 5.32 Å². The third-order valence-corrected chi connectivity index (χ3v) is 4.16. The summed E-state index contributed by atoms with van der Waals surface area (Å²) in [5.41, 5.74) is 0.886. The van der Waals surface area contributed by atoms with Crippen LogP contribution < -0.4 is 10.1 Å². The van der Waals surface area contributed by atoms with Crippen LogP contribution in [0.5, 0.6) is 5.75 Å². The van der Waals surface area contributed by atoms with Gasteiger partial charge in [0.05, 0.1) is 26.4 Å². The lowest BCUT2D eigenvalue weighted by atomic mass is 10.1. The summed E-state index contributed by atoms with van der Waals surface area (Å²) in [6.07, 6.45) is 0.693. The van der Waals surface area contributed by atoms with E-state index in [1.807, 2.05) is 18.7 Å². The lowest BCUT2D eigenvalue weighted by Crippen LogP contribution is -2.50. The standard InChI is InChI=1S/C17H25FN2O3/c1-4-15(17(21)20-7-9-23-10-8-20)19-12(2)13-5-6-14(18)16(11-13)22-3/h5-6,11-12,15,19H,4,7-10H2,1-3H3. The third kappa shape index (κ3) is 4.42. The van der Waals surface area contributed by atoms with E-state index in [-0.39, 0.29) is 29.6 Å². The van der Waals surface area contributed by atoms with Crippen molar-refractivity contribution in [2.45, 2.75) is 32.4 Å². The van der Waals surface area contributed by atoms with Crippen LogP contribution in [0, 0.1) is 5.82 Å². The quantitative estimate of drug-likeness (QED) is 0.871. The van der Waals surface area contributed by atoms with E-state index in [1.54, 1.807) is 12.1 Å². The normalized spacial score (nSPS) is 17.7. The van der Waals surface area contributed by atoms with E-state index in [0.29, 0.717) is 32.7 Å². The molecule has 0 saturated carbocycles. The largest absolute Gasteiger partial charge is 0.494 e. The van der Waals surface area contributed by atoms with Crippen molar-refractivity contribution in [2.24, 2.45) is 0 Å². The van der Waals surface area contributed by atoms with E-state index >= 15 is 0 Å². The van der Waals surface area contributed by atoms with Crippen LogP contribution in [0.4, 0.5) is 4.39 Å². The number of carbonyl (C=O) groups excluding carboxylic acids is 1. The Morgan fingerprint density at radius 3 is 2.74 bits per heavy atom. The number of benzene rings is 1. The Balaban J connectivity index is 2.03. The molecule has 0 aliphatic carbocycles. The average molecular weight is 324 g/mol. The molecule has 1 saturated heterocycles. The van der Waals surface area contributed by atoms with Crippen molar-refractivity contribution in [3.05, 3.63) is 29.6 Å². The van der Waals surface area contributed by atoms with E-state index in [9.17, 15) is 9.18 Å². The molecule has 0 bridgehead atoms. The molecule has 1 amide bonds. The molecule has 1 aromatic rings. The van der Waals surface area contributed by atoms with E-state index < -0.39 is 0 Å². The summed E-state index contributed by atoms with van der Waals surface area (Å²) in [5.74, 6) is -0.0830. The SMILES string of the molecule is CCC(NC(C)c1ccc(F)c(OC)c1)C(=O)N1CCOCC1. The summed E-state index contributed by atoms with van der Waals surface area (Å²) >= 11 is 0. The Labute approximate surface area is 136 Å². The van der Waals surface area contributed by atoms with Gasteiger partial charge in [0.15, 0.2) is 11.6 Å². The fourth-order valence-corrected chi connectivity index (χ4v) is 2.71. The molecule has 1 aliphatic rings. The first kappa shape index (κ1) is 17.7. The highest BCUT2D eigenvalue weighted by Crippen LogP contribution is 2.23. The highest BCUT2D eigenvalue weighted by molar-refractivity contribution is 5.82. The van der Waals surface area contributed by atoms with Gasteiger partial charge >= 0.3 is 0 Å². The fraction of sp³-hybridized carbons (Fsp3) is 0.588. The number of amides is 1. The number of morpholine rings is 1. The summed E-state index contributed by atoms with van der Waals surface area (Å²) in [4.78, 5) is 14.4. The molecule has 2 atom stereocenters. The monoisotopic (exact) mass is 324 g/mol. The second-order valence-electron chi connectivity index (χ2n) is 5.68. The minimum atomic E-state index is -0.389. The van der Waals surface area contributed by atoms with Gasteiger partial charge in [-0.1, -0.05) is 13.0 Å². The molecule has 0 radical (unpaired) electrons. The molecule has 6 heteroatoms. The maximum Gasteiger partial charge on any atom is 0.239 e. The van der Waals surface area contributed by atoms with Crippen molar-refractivity contribution < 1.29 is 18.7 Å². The molecule has 1 N–H and O–H groups in total. The van der Waals surface area contributed by atoms with Crippen LogP contribution in [0.1, 0.15) is 31.9 Å². The number of hydrogen-bond donors (Lipinski definition) is 1. The van der Waals surface area contributed by atoms with Gasteiger partial charge in [-0.2, -0.15) is 0 Å². The van der Waals surface area contributed by atoms with Gasteiger partial charge in [0, 0.05) is 19.1 Å². The molecule has 1 heterocycles. The Morgan fingerprint density at radius 2 is 2.13 bits per heavy atom. The van der Waals surface area contributed by atoms with Gasteiger partial charge in [0.25, 0.3) is 0 Å². The van der Waals surface area contributed by atoms with Crippen molar-refractivity contribution in [1.29, 1.82) is 0 Å². The number of nitrogens with zero attached hydrogens (tertiary/aromatic N) is 1. The van der Waals surface area contributed by atoms with Crippen molar-refractivity contribution in [2.75, 3.05) is 33.4 Å². The highest BCUT2D eigenvalue weighted by atomic mass is 19.1. The summed E-state index contributed by atoms with van der Waals surface area (Å²) in [6.45, 7) is 6.39. The Morgan fingerprint density at radius 1 is 1.43 bits per heavy atom. The van der Waals surface area contributed by atoms with Crippen LogP contribution in [0.3, 0.4) is 0 Å². The summed E-state index contributed by atoms with van der Waals surface area (Å²) in [5, 5.41) is 3.34. The van der Waals surface area contributed by atoms with Gasteiger partial charge < -0.3 is 14.4 Å². The van der Waals surface area contributed by atoms with Crippen molar-refractivity contribution in [3.8, 4) is 5.75 Å². The predicted molar refractivity (Wildman–Crippen MR) is 86.0 cm³/mol. The average Bonchev–Trinajstić information content (AvgIpc) is 2.60. The second-order valence-corrected chi connectivity index (χ2v) is 5.68. The zero-order valence-corrected chi connectivity index (χ0v) is 14.0. The first-order valence-electron chi connectivity index (χ1n) is 8.02. The topological polar surface area (TPSA) is 50.8 Å². The van der Waals surface area contributed by atoms with Gasteiger partial charge in [-0.3, -0.25) is 10.1 Å². The Hall–Kier alpha value is -1.66. The highest BCUT2D eigenvalue weighted by Gasteiger charge is 2.26. The molecule has 0 aromatic heterocycles. The van der Waals surface area contributed by atoms with Gasteiger partial charge in [-0.05, 0) is 31.0 Å². The van der Waals surface area contributed by atoms with Crippen LogP contribution in [-0.2, 0) is 9.53 Å². The lowest BCUT2D eigenvalue weighted by molar-refractivity contribution is -0.137. The summed E-state index contributed by atoms with van der Waals surface area (Å²) in [6, 6.07) is 4.41. The van der Waals surface area contributed by atoms with Crippen LogP contribution in [-0.4, -0.2) is 50.3 Å². The number of ether oxygens (including phenoxy) is 2. The molecule has 1 aliphatic heterocycles. The molecule has 0 spiro atoms. The maximum absolute atomic E-state index is 13.5. The maximum atomic E-state index is 13.5. The van der Waals surface area contributed by atoms with Crippen LogP contribution in [0.15, 0.2) is 18.2 Å². The molecular formula is C17H25FN2O3. The first-order chi connectivity index (χ1) is 11.1. The fourth-order valence-electron chi connectivity index (χ4n) is 2.71. The molecular weight excluding hydrogens is 299 g/mol. The van der Waals surface area contributed by atoms with E-state index in [0.717, 1.165) is 5.56 Å². The minimum absolute atomic E-state index is 0.0839. The van der Waals surface area contributed by atoms with Gasteiger partial charge in [-0.15, -0.1) is 0 Å². The predicted octanol–water partition coefficient (Wildman–Crippen LogP) is 2.12. The van der Waals surface area contributed by atoms with Gasteiger partial charge in [-0.25, -0.2) is 4.39 Å². The summed E-state index contributed by atoms with van der Waals surface area (Å²) in [7, 11) is 1.44. The zero-order chi connectivity index (χ0) is 16.8. The first-order valence-corrected chi connectivity index (χ1v) is 8.02. The number of halogens is 1. The molecule has 2 rings (SSSR count). The number of carbonyl (C=O) groups is 1. The number of hydrogen-bond acceptors (Lipinski definition) is 4. The number of rotatable bonds is 6. The molecule has 128 valence electrons. The van der Waals surface area contributed by atoms with Crippen LogP contribution in [0.25, 0.3) is 0 Å². The molecule has 1 aromatic carbocycles. The molecule has 2 unspecified atom stereocenters. The Bertz CT molecular complexity index is 533. The number of nitrogens with one attached hydrogen (secondary N) is 1. The van der Waals surface area contributed by atoms with Gasteiger partial charge in [0.2, 0.25) is 5.91 Å². The lowest BCUT2D eigenvalue weighted by Gasteiger charge is -2.31. The Kier molecular flexibility index (Phi) is 6.36. The molecule has 1 fully saturated rings. The third-order valence-electron chi connectivity index (χ3n) is 4.16. The molecule has 23 heavy (non-hydrogen) atoms.